The van der Waals surface area contributed by atoms with E-state index in [1.807, 2.05) is 90.9 Å². The Labute approximate surface area is 599 Å². The Bertz CT molecular complexity index is 4400. The van der Waals surface area contributed by atoms with E-state index >= 15 is 0 Å². The van der Waals surface area contributed by atoms with Gasteiger partial charge in [0.15, 0.2) is 17.3 Å². The number of nitrogens with zero attached hydrogens (tertiary/aromatic N) is 9. The lowest BCUT2D eigenvalue weighted by molar-refractivity contribution is -0.126. The third-order valence-corrected chi connectivity index (χ3v) is 19.1. The van der Waals surface area contributed by atoms with E-state index in [9.17, 15) is 43.2 Å². The second-order valence-corrected chi connectivity index (χ2v) is 27.6. The molecule has 0 saturated heterocycles. The van der Waals surface area contributed by atoms with Crippen LogP contribution in [-0.2, 0) is 28.8 Å². The zero-order chi connectivity index (χ0) is 71.1. The number of pyridine rings is 3. The summed E-state index contributed by atoms with van der Waals surface area (Å²) in [5.41, 5.74) is 11.7. The predicted molar refractivity (Wildman–Crippen MR) is 378 cm³/mol. The van der Waals surface area contributed by atoms with Crippen LogP contribution in [-0.4, -0.2) is 116 Å². The first-order chi connectivity index (χ1) is 47.2. The summed E-state index contributed by atoms with van der Waals surface area (Å²) in [6.07, 6.45) is 16.1. The van der Waals surface area contributed by atoms with E-state index in [0.29, 0.717) is 63.8 Å². The number of ketones is 6. The molecular formula is C73H69BrCl4N12O9. The van der Waals surface area contributed by atoms with Crippen molar-refractivity contribution in [3.05, 3.63) is 226 Å². The molecule has 3 saturated carbocycles. The third kappa shape index (κ3) is 17.1. The van der Waals surface area contributed by atoms with Crippen molar-refractivity contribution in [3.63, 3.8) is 0 Å². The van der Waals surface area contributed by atoms with E-state index in [-0.39, 0.29) is 83.9 Å². The number of halogens is 5. The molecule has 6 unspecified atom stereocenters. The van der Waals surface area contributed by atoms with E-state index in [2.05, 4.69) is 62.1 Å². The molecule has 99 heavy (non-hydrogen) atoms. The Morgan fingerprint density at radius 3 is 1.06 bits per heavy atom. The maximum Gasteiger partial charge on any atom is 0.269 e. The van der Waals surface area contributed by atoms with Crippen LogP contribution in [0.2, 0.25) is 20.1 Å². The zero-order valence-electron chi connectivity index (χ0n) is 55.0. The minimum Gasteiger partial charge on any atom is -0.351 e. The molecule has 510 valence electrons. The smallest absolute Gasteiger partial charge is 0.269 e. The second kappa shape index (κ2) is 31.8. The van der Waals surface area contributed by atoms with E-state index < -0.39 is 35.5 Å². The van der Waals surface area contributed by atoms with Crippen molar-refractivity contribution in [2.75, 3.05) is 19.6 Å². The van der Waals surface area contributed by atoms with Gasteiger partial charge >= 0.3 is 0 Å². The molecule has 9 aromatic rings. The second-order valence-electron chi connectivity index (χ2n) is 25.0. The van der Waals surface area contributed by atoms with Crippen molar-refractivity contribution in [2.24, 2.45) is 17.8 Å². The third-order valence-electron chi connectivity index (χ3n) is 17.8. The average molecular weight is 1480 g/mol. The van der Waals surface area contributed by atoms with Gasteiger partial charge in [0, 0.05) is 98.3 Å². The van der Waals surface area contributed by atoms with Crippen LogP contribution in [0.1, 0.15) is 143 Å². The largest absolute Gasteiger partial charge is 0.351 e. The fraction of sp³-hybridized carbons (Fsp3) is 0.301. The Kier molecular flexibility index (Phi) is 23.3. The van der Waals surface area contributed by atoms with Gasteiger partial charge in [-0.2, -0.15) is 15.3 Å². The molecule has 0 radical (unpaired) electrons. The minimum absolute atomic E-state index is 0.0715. The number of aromatic nitrogens is 9. The number of nitrogens with one attached hydrogen (secondary N) is 3. The maximum absolute atomic E-state index is 13.2. The fourth-order valence-corrected chi connectivity index (χ4v) is 14.1. The molecule has 21 nitrogen and oxygen atoms in total. The van der Waals surface area contributed by atoms with Crippen molar-refractivity contribution >= 4 is 115 Å². The Morgan fingerprint density at radius 2 is 0.758 bits per heavy atom. The first kappa shape index (κ1) is 72.6. The molecule has 3 aliphatic carbocycles. The first-order valence-electron chi connectivity index (χ1n) is 31.9. The summed E-state index contributed by atoms with van der Waals surface area (Å²) >= 11 is 27.0. The number of hydrogen-bond donors (Lipinski definition) is 3. The molecule has 3 N–H and O–H groups in total. The van der Waals surface area contributed by atoms with Gasteiger partial charge in [0.25, 0.3) is 17.7 Å². The van der Waals surface area contributed by atoms with Gasteiger partial charge < -0.3 is 16.0 Å². The molecule has 12 rings (SSSR count). The number of Topliss-reactive ketones (excluding diaryl/α,β-unsaturated/α-hetero) is 6. The highest BCUT2D eigenvalue weighted by atomic mass is 79.9. The number of carbonyl (C=O) groups is 9. The van der Waals surface area contributed by atoms with Gasteiger partial charge in [0.05, 0.1) is 55.7 Å². The minimum atomic E-state index is -0.779. The highest BCUT2D eigenvalue weighted by molar-refractivity contribution is 9.10. The number of aryl methyl sites for hydroxylation is 7. The van der Waals surface area contributed by atoms with E-state index in [1.54, 1.807) is 87.9 Å². The van der Waals surface area contributed by atoms with Gasteiger partial charge in [-0.15, -0.1) is 0 Å². The lowest BCUT2D eigenvalue weighted by atomic mass is 9.87. The highest BCUT2D eigenvalue weighted by Gasteiger charge is 2.45. The average Bonchev–Trinajstić information content (AvgIpc) is 1.70. The molecule has 6 atom stereocenters. The van der Waals surface area contributed by atoms with Gasteiger partial charge in [-0.25, -0.2) is 19.0 Å². The monoisotopic (exact) mass is 1480 g/mol. The Balaban J connectivity index is 0.000000161. The summed E-state index contributed by atoms with van der Waals surface area (Å²) in [6.45, 7) is 14.2. The molecule has 3 aromatic carbocycles. The quantitative estimate of drug-likeness (QED) is 0.0673. The van der Waals surface area contributed by atoms with Gasteiger partial charge in [0.2, 0.25) is 0 Å². The molecule has 6 heterocycles. The Morgan fingerprint density at radius 1 is 0.424 bits per heavy atom. The van der Waals surface area contributed by atoms with Gasteiger partial charge in [-0.05, 0) is 196 Å². The molecule has 0 bridgehead atoms. The van der Waals surface area contributed by atoms with Gasteiger partial charge in [0.1, 0.15) is 52.2 Å². The molecule has 0 aliphatic heterocycles. The van der Waals surface area contributed by atoms with E-state index in [1.165, 1.54) is 12.3 Å². The molecular weight excluding hydrogens is 1410 g/mol. The number of amides is 3. The van der Waals surface area contributed by atoms with Crippen LogP contribution >= 0.6 is 62.3 Å². The summed E-state index contributed by atoms with van der Waals surface area (Å²) in [4.78, 5) is 127. The van der Waals surface area contributed by atoms with Crippen LogP contribution in [0.3, 0.4) is 0 Å². The van der Waals surface area contributed by atoms with Crippen molar-refractivity contribution in [1.82, 2.24) is 60.2 Å². The fourth-order valence-electron chi connectivity index (χ4n) is 13.2. The van der Waals surface area contributed by atoms with Crippen LogP contribution in [0, 0.1) is 66.2 Å². The number of carbonyl (C=O) groups excluding carboxylic acids is 9. The van der Waals surface area contributed by atoms with Crippen molar-refractivity contribution in [3.8, 4) is 17.1 Å². The normalized spacial score (nSPS) is 18.1. The zero-order valence-corrected chi connectivity index (χ0v) is 59.7. The van der Waals surface area contributed by atoms with Crippen LogP contribution in [0.25, 0.3) is 17.1 Å². The van der Waals surface area contributed by atoms with Crippen LogP contribution in [0.5, 0.6) is 0 Å². The highest BCUT2D eigenvalue weighted by Crippen LogP contribution is 2.41. The van der Waals surface area contributed by atoms with Crippen molar-refractivity contribution < 1.29 is 43.2 Å². The molecule has 3 fully saturated rings. The lowest BCUT2D eigenvalue weighted by Crippen LogP contribution is -2.28. The number of rotatable bonds is 18. The van der Waals surface area contributed by atoms with Crippen molar-refractivity contribution in [1.29, 1.82) is 0 Å². The van der Waals surface area contributed by atoms with Crippen LogP contribution in [0.4, 0.5) is 0 Å². The van der Waals surface area contributed by atoms with Crippen LogP contribution in [0.15, 0.2) is 133 Å². The molecule has 3 amide bonds. The number of hydrogen-bond acceptors (Lipinski definition) is 15. The van der Waals surface area contributed by atoms with Crippen molar-refractivity contribution in [2.45, 2.75) is 105 Å². The van der Waals surface area contributed by atoms with Gasteiger partial charge in [-0.3, -0.25) is 53.1 Å². The lowest BCUT2D eigenvalue weighted by Gasteiger charge is -2.17. The standard InChI is InChI=1S/C25H25ClN4O3.C24H22BrClN4O3.C24H22Cl2N4O3/c1-14-4-6-27-20(8-14)25(33)28-7-5-17-11-21(31)23(24(17)32)22-15(2)9-19(10-16(22)3)30-13-18(26)12-29-30;1-13-7-18(30-12-17(26)11-29-30)8-14(2)21(13)22-20(31)9-15(23(22)32)3-5-28-24(33)19-10-16(25)4-6-27-19;1-13-7-18(30-12-17(26)11-29-30)8-14(2)21(13)22-20(31)9-15(23(22)32)5-6-27-24(33)19-4-3-16(25)10-28-19/h4,6,8-10,12-13,17,23H,5,7,11H2,1-3H3,(H,28,33);4,6-8,10-12,15,22H,3,5,9H2,1-2H3,(H,28,33);3-4,7-8,10-12,15,22H,5-6,9H2,1-2H3,(H,27,33). The summed E-state index contributed by atoms with van der Waals surface area (Å²) in [5, 5.41) is 23.0. The molecule has 3 aliphatic rings. The first-order valence-corrected chi connectivity index (χ1v) is 34.2. The maximum atomic E-state index is 13.2. The Hall–Kier alpha value is -9.19. The summed E-state index contributed by atoms with van der Waals surface area (Å²) in [7, 11) is 0. The SMILES string of the molecule is Cc1cc(-n2cc(Cl)cn2)cc(C)c1C1C(=O)CC(CCNC(=O)c2cc(Br)ccn2)C1=O.Cc1cc(-n2cc(Cl)cn2)cc(C)c1C1C(=O)CC(CCNC(=O)c2ccc(Cl)cn2)C1=O.Cc1ccnc(C(=O)NCCC2CC(=O)C(c3c(C)cc(-n4cc(Cl)cn4)cc3C)C2=O)c1. The topological polar surface area (TPSA) is 282 Å². The van der Waals surface area contributed by atoms with E-state index in [4.69, 9.17) is 46.4 Å². The molecule has 0 spiro atoms. The summed E-state index contributed by atoms with van der Waals surface area (Å²) < 4.78 is 5.75. The number of benzene rings is 3. The summed E-state index contributed by atoms with van der Waals surface area (Å²) in [6, 6.07) is 21.5. The van der Waals surface area contributed by atoms with E-state index in [0.717, 1.165) is 77.2 Å². The molecule has 6 aromatic heterocycles. The van der Waals surface area contributed by atoms with Crippen LogP contribution < -0.4 is 16.0 Å². The summed E-state index contributed by atoms with van der Waals surface area (Å²) in [5.74, 6) is -5.01. The molecule has 26 heteroatoms. The predicted octanol–water partition coefficient (Wildman–Crippen LogP) is 12.5. The van der Waals surface area contributed by atoms with Gasteiger partial charge in [-0.1, -0.05) is 62.3 Å².